The van der Waals surface area contributed by atoms with E-state index in [0.717, 1.165) is 16.8 Å². The first-order chi connectivity index (χ1) is 9.58. The molecule has 0 aliphatic carbocycles. The fourth-order valence-electron chi connectivity index (χ4n) is 2.49. The Morgan fingerprint density at radius 2 is 2.10 bits per heavy atom. The number of hydrogen-bond acceptors (Lipinski definition) is 4. The highest BCUT2D eigenvalue weighted by molar-refractivity contribution is 5.80. The molecule has 0 saturated heterocycles. The van der Waals surface area contributed by atoms with Crippen molar-refractivity contribution < 1.29 is 9.52 Å². The summed E-state index contributed by atoms with van der Waals surface area (Å²) in [5.41, 5.74) is 8.16. The molecule has 3 rings (SSSR count). The first-order valence-corrected chi connectivity index (χ1v) is 6.56. The maximum Gasteiger partial charge on any atom is 0.139 e. The largest absolute Gasteiger partial charge is 0.467 e. The number of nitrogens with two attached hydrogens (primary N) is 1. The highest BCUT2D eigenvalue weighted by Crippen LogP contribution is 2.29. The number of benzene rings is 1. The Hall–Kier alpha value is -2.27. The van der Waals surface area contributed by atoms with E-state index in [1.54, 1.807) is 13.2 Å². The van der Waals surface area contributed by atoms with E-state index in [-0.39, 0.29) is 6.04 Å². The van der Waals surface area contributed by atoms with Crippen LogP contribution in [0.25, 0.3) is 11.0 Å². The molecule has 1 aromatic carbocycles. The Balaban J connectivity index is 2.24. The zero-order chi connectivity index (χ0) is 14.3. The van der Waals surface area contributed by atoms with Crippen molar-refractivity contribution in [1.29, 1.82) is 0 Å². The summed E-state index contributed by atoms with van der Waals surface area (Å²) in [5, 5.41) is 9.98. The van der Waals surface area contributed by atoms with Gasteiger partial charge in [0.15, 0.2) is 0 Å². The summed E-state index contributed by atoms with van der Waals surface area (Å²) in [7, 11) is 0. The molecule has 20 heavy (non-hydrogen) atoms. The molecule has 104 valence electrons. The second-order valence-electron chi connectivity index (χ2n) is 4.96. The monoisotopic (exact) mass is 271 g/mol. The van der Waals surface area contributed by atoms with Gasteiger partial charge in [0, 0.05) is 5.69 Å². The lowest BCUT2D eigenvalue weighted by Gasteiger charge is -2.16. The number of anilines is 1. The minimum atomic E-state index is -0.666. The second kappa shape index (κ2) is 4.68. The number of aromatic nitrogens is 2. The van der Waals surface area contributed by atoms with Gasteiger partial charge in [0.25, 0.3) is 0 Å². The Labute approximate surface area is 116 Å². The van der Waals surface area contributed by atoms with Crippen LogP contribution in [0.15, 0.2) is 41.0 Å². The number of nitrogen functional groups attached to an aromatic ring is 1. The summed E-state index contributed by atoms with van der Waals surface area (Å²) < 4.78 is 7.46. The van der Waals surface area contributed by atoms with Crippen molar-refractivity contribution >= 4 is 16.7 Å². The van der Waals surface area contributed by atoms with Crippen LogP contribution in [-0.4, -0.2) is 14.7 Å². The first-order valence-electron chi connectivity index (χ1n) is 6.56. The zero-order valence-corrected chi connectivity index (χ0v) is 11.4. The van der Waals surface area contributed by atoms with Gasteiger partial charge in [-0.05, 0) is 44.2 Å². The molecule has 0 radical (unpaired) electrons. The number of nitrogens with zero attached hydrogens (tertiary/aromatic N) is 2. The molecule has 0 bridgehead atoms. The first kappa shape index (κ1) is 12.7. The van der Waals surface area contributed by atoms with E-state index >= 15 is 0 Å². The lowest BCUT2D eigenvalue weighted by atomic mass is 10.2. The average molecular weight is 271 g/mol. The maximum atomic E-state index is 9.98. The smallest absolute Gasteiger partial charge is 0.139 e. The molecular weight excluding hydrogens is 254 g/mol. The van der Waals surface area contributed by atoms with Crippen LogP contribution in [0.4, 0.5) is 5.69 Å². The lowest BCUT2D eigenvalue weighted by molar-refractivity contribution is 0.182. The fraction of sp³-hybridized carbons (Fsp3) is 0.267. The van der Waals surface area contributed by atoms with Gasteiger partial charge in [-0.3, -0.25) is 0 Å². The van der Waals surface area contributed by atoms with Gasteiger partial charge >= 0.3 is 0 Å². The summed E-state index contributed by atoms with van der Waals surface area (Å²) >= 11 is 0. The summed E-state index contributed by atoms with van der Waals surface area (Å²) in [6.07, 6.45) is 0.978. The van der Waals surface area contributed by atoms with Crippen molar-refractivity contribution in [2.75, 3.05) is 5.73 Å². The zero-order valence-electron chi connectivity index (χ0n) is 11.4. The van der Waals surface area contributed by atoms with Crippen molar-refractivity contribution in [2.45, 2.75) is 26.0 Å². The number of furan rings is 1. The van der Waals surface area contributed by atoms with Crippen LogP contribution >= 0.6 is 0 Å². The number of imidazole rings is 1. The standard InChI is InChI=1S/C15H17N3O2/c1-9(14-4-3-7-20-14)18-13-6-5-11(16)8-12(13)17-15(18)10(2)19/h3-10,19H,16H2,1-2H3. The maximum absolute atomic E-state index is 9.98. The second-order valence-corrected chi connectivity index (χ2v) is 4.96. The van der Waals surface area contributed by atoms with Gasteiger partial charge in [0.05, 0.1) is 23.3 Å². The van der Waals surface area contributed by atoms with Gasteiger partial charge in [-0.1, -0.05) is 0 Å². The topological polar surface area (TPSA) is 77.2 Å². The molecule has 2 aromatic heterocycles. The Morgan fingerprint density at radius 3 is 2.75 bits per heavy atom. The molecule has 3 aromatic rings. The summed E-state index contributed by atoms with van der Waals surface area (Å²) in [6, 6.07) is 9.28. The predicted molar refractivity (Wildman–Crippen MR) is 77.3 cm³/mol. The molecule has 0 amide bonds. The normalized spacial score (nSPS) is 14.6. The van der Waals surface area contributed by atoms with Crippen LogP contribution in [0.2, 0.25) is 0 Å². The molecular formula is C15H17N3O2. The molecule has 0 aliphatic rings. The van der Waals surface area contributed by atoms with Gasteiger partial charge in [0.1, 0.15) is 17.7 Å². The lowest BCUT2D eigenvalue weighted by Crippen LogP contribution is -2.12. The van der Waals surface area contributed by atoms with E-state index in [2.05, 4.69) is 4.98 Å². The van der Waals surface area contributed by atoms with E-state index < -0.39 is 6.10 Å². The minimum absolute atomic E-state index is 0.0526. The molecule has 2 unspecified atom stereocenters. The van der Waals surface area contributed by atoms with Crippen molar-refractivity contribution in [3.8, 4) is 0 Å². The fourth-order valence-corrected chi connectivity index (χ4v) is 2.49. The predicted octanol–water partition coefficient (Wildman–Crippen LogP) is 2.87. The van der Waals surface area contributed by atoms with Crippen LogP contribution < -0.4 is 5.73 Å². The number of fused-ring (bicyclic) bond motifs is 1. The molecule has 0 fully saturated rings. The van der Waals surface area contributed by atoms with Gasteiger partial charge in [-0.25, -0.2) is 4.98 Å². The minimum Gasteiger partial charge on any atom is -0.467 e. The van der Waals surface area contributed by atoms with Gasteiger partial charge in [0.2, 0.25) is 0 Å². The summed E-state index contributed by atoms with van der Waals surface area (Å²) in [4.78, 5) is 4.50. The van der Waals surface area contributed by atoms with Gasteiger partial charge in [-0.15, -0.1) is 0 Å². The van der Waals surface area contributed by atoms with Crippen LogP contribution in [-0.2, 0) is 0 Å². The van der Waals surface area contributed by atoms with Crippen LogP contribution in [0, 0.1) is 0 Å². The highest BCUT2D eigenvalue weighted by Gasteiger charge is 2.21. The van der Waals surface area contributed by atoms with Crippen LogP contribution in [0.5, 0.6) is 0 Å². The van der Waals surface area contributed by atoms with E-state index in [1.807, 2.05) is 41.8 Å². The summed E-state index contributed by atoms with van der Waals surface area (Å²) in [5.74, 6) is 1.43. The highest BCUT2D eigenvalue weighted by atomic mass is 16.3. The quantitative estimate of drug-likeness (QED) is 0.718. The number of aliphatic hydroxyl groups excluding tert-OH is 1. The number of aliphatic hydroxyl groups is 1. The number of hydrogen-bond donors (Lipinski definition) is 2. The van der Waals surface area contributed by atoms with Crippen molar-refractivity contribution in [1.82, 2.24) is 9.55 Å². The molecule has 0 aliphatic heterocycles. The Morgan fingerprint density at radius 1 is 1.30 bits per heavy atom. The third-order valence-corrected chi connectivity index (χ3v) is 3.46. The van der Waals surface area contributed by atoms with Crippen molar-refractivity contribution in [3.05, 3.63) is 48.2 Å². The molecule has 5 heteroatoms. The Bertz CT molecular complexity index is 729. The molecule has 5 nitrogen and oxygen atoms in total. The molecule has 3 N–H and O–H groups in total. The van der Waals surface area contributed by atoms with Crippen molar-refractivity contribution in [2.24, 2.45) is 0 Å². The average Bonchev–Trinajstić information content (AvgIpc) is 3.04. The van der Waals surface area contributed by atoms with E-state index in [9.17, 15) is 5.11 Å². The molecule has 0 saturated carbocycles. The Kier molecular flexibility index (Phi) is 2.99. The summed E-state index contributed by atoms with van der Waals surface area (Å²) in [6.45, 7) is 3.72. The molecule has 0 spiro atoms. The molecule has 2 heterocycles. The van der Waals surface area contributed by atoms with E-state index in [4.69, 9.17) is 10.2 Å². The van der Waals surface area contributed by atoms with E-state index in [0.29, 0.717) is 11.5 Å². The van der Waals surface area contributed by atoms with Crippen molar-refractivity contribution in [3.63, 3.8) is 0 Å². The van der Waals surface area contributed by atoms with Gasteiger partial charge in [-0.2, -0.15) is 0 Å². The number of rotatable bonds is 3. The van der Waals surface area contributed by atoms with Gasteiger partial charge < -0.3 is 19.8 Å². The van der Waals surface area contributed by atoms with Crippen LogP contribution in [0.3, 0.4) is 0 Å². The third-order valence-electron chi connectivity index (χ3n) is 3.46. The molecule has 2 atom stereocenters. The SMILES string of the molecule is CC(O)c1nc2cc(N)ccc2n1C(C)c1ccco1. The van der Waals surface area contributed by atoms with E-state index in [1.165, 1.54) is 0 Å². The van der Waals surface area contributed by atoms with Crippen LogP contribution in [0.1, 0.15) is 37.6 Å². The third kappa shape index (κ3) is 1.96.